The minimum absolute atomic E-state index is 0.395. The van der Waals surface area contributed by atoms with Crippen molar-refractivity contribution < 1.29 is 0 Å². The summed E-state index contributed by atoms with van der Waals surface area (Å²) in [5.74, 6) is 0.646. The van der Waals surface area contributed by atoms with Crippen molar-refractivity contribution in [2.75, 3.05) is 10.4 Å². The van der Waals surface area contributed by atoms with Crippen LogP contribution in [-0.4, -0.2) is 10.2 Å². The van der Waals surface area contributed by atoms with Crippen molar-refractivity contribution >= 4 is 39.6 Å². The van der Waals surface area contributed by atoms with Crippen LogP contribution in [0.5, 0.6) is 0 Å². The molecule has 0 amide bonds. The van der Waals surface area contributed by atoms with Crippen molar-refractivity contribution in [3.63, 3.8) is 0 Å². The van der Waals surface area contributed by atoms with Crippen LogP contribution in [-0.2, 0) is 0 Å². The summed E-state index contributed by atoms with van der Waals surface area (Å²) in [6, 6.07) is 27.9. The van der Waals surface area contributed by atoms with Crippen molar-refractivity contribution in [2.45, 2.75) is 0 Å². The molecule has 0 radical (unpaired) electrons. The van der Waals surface area contributed by atoms with E-state index in [2.05, 4.69) is 15.6 Å². The summed E-state index contributed by atoms with van der Waals surface area (Å²) in [5.41, 5.74) is 5.37. The fourth-order valence-electron chi connectivity index (χ4n) is 2.69. The first-order chi connectivity index (χ1) is 12.3. The molecular formula is C20H15ClN4. The Labute approximate surface area is 150 Å². The molecule has 1 N–H and O–H groups in total. The first kappa shape index (κ1) is 15.4. The van der Waals surface area contributed by atoms with Crippen molar-refractivity contribution in [1.29, 1.82) is 0 Å². The van der Waals surface area contributed by atoms with E-state index in [1.807, 2.05) is 89.9 Å². The van der Waals surface area contributed by atoms with Gasteiger partial charge in [-0.05, 0) is 24.3 Å². The summed E-state index contributed by atoms with van der Waals surface area (Å²) >= 11 is 6.18. The first-order valence-corrected chi connectivity index (χ1v) is 8.28. The Bertz CT molecular complexity index is 951. The average molecular weight is 347 g/mol. The van der Waals surface area contributed by atoms with Crippen LogP contribution in [0.15, 0.2) is 84.9 Å². The molecule has 0 unspecified atom stereocenters. The van der Waals surface area contributed by atoms with Crippen LogP contribution in [0.4, 0.5) is 17.2 Å². The molecule has 0 bridgehead atoms. The minimum atomic E-state index is 0.395. The molecule has 0 aliphatic rings. The van der Waals surface area contributed by atoms with Crippen molar-refractivity contribution in [1.82, 2.24) is 10.2 Å². The van der Waals surface area contributed by atoms with Crippen molar-refractivity contribution in [3.05, 3.63) is 90.1 Å². The summed E-state index contributed by atoms with van der Waals surface area (Å²) in [4.78, 5) is 0. The third-order valence-electron chi connectivity index (χ3n) is 3.89. The van der Waals surface area contributed by atoms with Crippen LogP contribution < -0.4 is 10.4 Å². The fraction of sp³-hybridized carbons (Fsp3) is 0. The molecule has 0 aliphatic heterocycles. The zero-order valence-electron chi connectivity index (χ0n) is 13.3. The fourth-order valence-corrected chi connectivity index (χ4v) is 2.89. The quantitative estimate of drug-likeness (QED) is 0.499. The number of fused-ring (bicyclic) bond motifs is 1. The van der Waals surface area contributed by atoms with E-state index in [-0.39, 0.29) is 0 Å². The van der Waals surface area contributed by atoms with Gasteiger partial charge in [-0.1, -0.05) is 72.3 Å². The number of nitrogens with one attached hydrogen (secondary N) is 1. The molecule has 5 heteroatoms. The lowest BCUT2D eigenvalue weighted by Crippen LogP contribution is -2.25. The standard InChI is InChI=1S/C20H15ClN4/c21-19-17-13-7-8-14-18(17)20(23-22-19)24-25(15-9-3-1-4-10-15)16-11-5-2-6-12-16/h1-14H,(H,23,24). The van der Waals surface area contributed by atoms with Crippen LogP contribution in [0.3, 0.4) is 0 Å². The predicted octanol–water partition coefficient (Wildman–Crippen LogP) is 5.45. The molecule has 0 fully saturated rings. The molecule has 0 spiro atoms. The summed E-state index contributed by atoms with van der Waals surface area (Å²) in [6.45, 7) is 0. The van der Waals surface area contributed by atoms with E-state index in [1.54, 1.807) is 0 Å². The molecule has 122 valence electrons. The number of halogens is 1. The smallest absolute Gasteiger partial charge is 0.175 e. The molecule has 4 rings (SSSR count). The van der Waals surface area contributed by atoms with Crippen LogP contribution in [0.25, 0.3) is 10.8 Å². The van der Waals surface area contributed by atoms with Crippen molar-refractivity contribution in [3.8, 4) is 0 Å². The third kappa shape index (κ3) is 3.12. The predicted molar refractivity (Wildman–Crippen MR) is 103 cm³/mol. The van der Waals surface area contributed by atoms with Gasteiger partial charge in [-0.25, -0.2) is 0 Å². The van der Waals surface area contributed by atoms with Gasteiger partial charge in [0.2, 0.25) is 0 Å². The molecule has 4 nitrogen and oxygen atoms in total. The highest BCUT2D eigenvalue weighted by molar-refractivity contribution is 6.34. The van der Waals surface area contributed by atoms with Crippen LogP contribution in [0.2, 0.25) is 5.15 Å². The van der Waals surface area contributed by atoms with Gasteiger partial charge in [0.1, 0.15) is 0 Å². The molecule has 0 atom stereocenters. The van der Waals surface area contributed by atoms with Crippen LogP contribution >= 0.6 is 11.6 Å². The zero-order chi connectivity index (χ0) is 17.1. The summed E-state index contributed by atoms with van der Waals surface area (Å²) < 4.78 is 0. The van der Waals surface area contributed by atoms with Gasteiger partial charge < -0.3 is 0 Å². The number of hydrazine groups is 1. The van der Waals surface area contributed by atoms with Gasteiger partial charge in [-0.3, -0.25) is 10.4 Å². The highest BCUT2D eigenvalue weighted by atomic mass is 35.5. The molecule has 4 aromatic rings. The Morgan fingerprint density at radius 3 is 1.76 bits per heavy atom. The van der Waals surface area contributed by atoms with E-state index in [0.717, 1.165) is 22.1 Å². The third-order valence-corrected chi connectivity index (χ3v) is 4.17. The van der Waals surface area contributed by atoms with Crippen molar-refractivity contribution in [2.24, 2.45) is 0 Å². The Morgan fingerprint density at radius 2 is 1.16 bits per heavy atom. The maximum absolute atomic E-state index is 6.18. The monoisotopic (exact) mass is 346 g/mol. The second-order valence-corrected chi connectivity index (χ2v) is 5.86. The van der Waals surface area contributed by atoms with E-state index in [9.17, 15) is 0 Å². The summed E-state index contributed by atoms with van der Waals surface area (Å²) in [5, 5.41) is 12.5. The lowest BCUT2D eigenvalue weighted by Gasteiger charge is -2.26. The van der Waals surface area contributed by atoms with Gasteiger partial charge in [0.25, 0.3) is 0 Å². The number of aromatic nitrogens is 2. The van der Waals surface area contributed by atoms with E-state index in [4.69, 9.17) is 11.6 Å². The second kappa shape index (κ2) is 6.79. The molecular weight excluding hydrogens is 332 g/mol. The van der Waals surface area contributed by atoms with Gasteiger partial charge in [0.05, 0.1) is 11.4 Å². The van der Waals surface area contributed by atoms with Gasteiger partial charge >= 0.3 is 0 Å². The van der Waals surface area contributed by atoms with E-state index in [0.29, 0.717) is 11.0 Å². The topological polar surface area (TPSA) is 41.1 Å². The lowest BCUT2D eigenvalue weighted by atomic mass is 10.2. The SMILES string of the molecule is Clc1nnc(NN(c2ccccc2)c2ccccc2)c2ccccc12. The van der Waals surface area contributed by atoms with Gasteiger partial charge in [0.15, 0.2) is 11.0 Å². The Morgan fingerprint density at radius 1 is 0.640 bits per heavy atom. The average Bonchev–Trinajstić information content (AvgIpc) is 2.69. The van der Waals surface area contributed by atoms with Gasteiger partial charge in [-0.15, -0.1) is 10.2 Å². The Hall–Kier alpha value is -3.11. The molecule has 0 saturated heterocycles. The molecule has 25 heavy (non-hydrogen) atoms. The number of hydrogen-bond acceptors (Lipinski definition) is 4. The number of rotatable bonds is 4. The first-order valence-electron chi connectivity index (χ1n) is 7.91. The van der Waals surface area contributed by atoms with E-state index in [1.165, 1.54) is 0 Å². The molecule has 1 heterocycles. The summed E-state index contributed by atoms with van der Waals surface area (Å²) in [6.07, 6.45) is 0. The number of hydrogen-bond donors (Lipinski definition) is 1. The van der Waals surface area contributed by atoms with E-state index >= 15 is 0 Å². The lowest BCUT2D eigenvalue weighted by molar-refractivity contribution is 1.02. The van der Waals surface area contributed by atoms with E-state index < -0.39 is 0 Å². The summed E-state index contributed by atoms with van der Waals surface area (Å²) in [7, 11) is 0. The van der Waals surface area contributed by atoms with Crippen LogP contribution in [0, 0.1) is 0 Å². The molecule has 0 saturated carbocycles. The number of para-hydroxylation sites is 2. The number of nitrogens with zero attached hydrogens (tertiary/aromatic N) is 3. The Balaban J connectivity index is 1.82. The number of anilines is 3. The van der Waals surface area contributed by atoms with Gasteiger partial charge in [0, 0.05) is 10.8 Å². The highest BCUT2D eigenvalue weighted by Gasteiger charge is 2.13. The minimum Gasteiger partial charge on any atom is -0.275 e. The molecule has 0 aliphatic carbocycles. The number of benzene rings is 3. The zero-order valence-corrected chi connectivity index (χ0v) is 14.1. The largest absolute Gasteiger partial charge is 0.275 e. The second-order valence-electron chi connectivity index (χ2n) is 5.50. The molecule has 3 aromatic carbocycles. The molecule has 1 aromatic heterocycles. The maximum atomic E-state index is 6.18. The highest BCUT2D eigenvalue weighted by Crippen LogP contribution is 2.30. The maximum Gasteiger partial charge on any atom is 0.175 e. The van der Waals surface area contributed by atoms with Crippen LogP contribution in [0.1, 0.15) is 0 Å². The normalized spacial score (nSPS) is 10.6. The van der Waals surface area contributed by atoms with Gasteiger partial charge in [-0.2, -0.15) is 0 Å². The Kier molecular flexibility index (Phi) is 4.19.